The minimum atomic E-state index is -2.10. The lowest BCUT2D eigenvalue weighted by Crippen LogP contribution is -2.60. The number of benzene rings is 2. The standard InChI is InChI=1S/C66H79ClFN11O20/c1-4-66(96)37-22-43-56-35(28-79(43)62(93)36(37)30-98-64(66)95)54-39(15-14-34-53(54)41(76-56)23-38(68)55(34)67)77-63(94)65(2,3)31-97-32-73-49(84)26-72-61(92)42(21-33-11-7-5-8-12-33)75-50(85)27-70-48(83)25-71-60(91)40(74-47(82)13-9-6-10-20-78-51(86)18-19-52(78)87)16-17-46(81)69-24-44-57(88)59(90)58(89)45(29-80)99-44/h5,7-8,11-12,18-19,22-23,39-40,42,44-45,57-59,80,88-90,96H,4,6,9-10,13-17,20-21,24-32H2,1-3H3,(H,69,81)(H,70,83)(H,71,91)(H,72,92)(H,73,84)(H,74,82)(H,75,85)(H,77,94)/t39-,40-,42-,44-,45+,57-,58+,59+,66-/m0/s1. The number of nitrogens with one attached hydrogen (secondary N) is 8. The number of amides is 10. The van der Waals surface area contributed by atoms with Crippen LogP contribution in [-0.4, -0.2) is 200 Å². The van der Waals surface area contributed by atoms with Crippen LogP contribution in [0.5, 0.6) is 0 Å². The molecule has 0 spiro atoms. The summed E-state index contributed by atoms with van der Waals surface area (Å²) in [6.45, 7) is 0.840. The number of imide groups is 1. The third-order valence-electron chi connectivity index (χ3n) is 18.0. The zero-order chi connectivity index (χ0) is 71.6. The SMILES string of the molecule is CC[C@@]1(O)C(=O)OCc2c1cc1n(c2=O)Cc2c-1nc1cc(F)c(Cl)c3c1c2[C@@H](NC(=O)C(C)(C)COCNC(=O)CNC(=O)[C@H](Cc1ccccc1)NC(=O)CNC(=O)CNC(=O)[C@H](CCC(=O)NC[C@@H]1O[C@H](CO)[C@@H](O)[C@H](O)[C@H]1O)NC(=O)CCCCCN1C(=O)C=CC1=O)CC3. The van der Waals surface area contributed by atoms with Crippen LogP contribution in [0.2, 0.25) is 5.02 Å². The summed E-state index contributed by atoms with van der Waals surface area (Å²) >= 11 is 6.56. The van der Waals surface area contributed by atoms with E-state index in [1.165, 1.54) is 16.7 Å². The smallest absolute Gasteiger partial charge is 0.343 e. The van der Waals surface area contributed by atoms with Crippen LogP contribution in [0.1, 0.15) is 112 Å². The first kappa shape index (κ1) is 74.1. The van der Waals surface area contributed by atoms with Gasteiger partial charge in [-0.1, -0.05) is 55.3 Å². The highest BCUT2D eigenvalue weighted by atomic mass is 35.5. The third kappa shape index (κ3) is 17.1. The second-order valence-corrected chi connectivity index (χ2v) is 25.7. The number of nitrogens with zero attached hydrogens (tertiary/aromatic N) is 3. The number of carbonyl (C=O) groups is 11. The molecule has 2 aromatic heterocycles. The van der Waals surface area contributed by atoms with Gasteiger partial charge in [0.1, 0.15) is 61.8 Å². The van der Waals surface area contributed by atoms with E-state index in [1.54, 1.807) is 51.1 Å². The monoisotopic (exact) mass is 1400 g/mol. The zero-order valence-corrected chi connectivity index (χ0v) is 55.2. The molecule has 1 saturated heterocycles. The number of fused-ring (bicyclic) bond motifs is 5. The van der Waals surface area contributed by atoms with Crippen LogP contribution in [0.3, 0.4) is 0 Å². The molecule has 4 aromatic rings. The van der Waals surface area contributed by atoms with Gasteiger partial charge in [0.15, 0.2) is 5.60 Å². The quantitative estimate of drug-likeness (QED) is 0.00976. The van der Waals surface area contributed by atoms with Crippen LogP contribution in [0.25, 0.3) is 22.3 Å². The molecule has 1 aliphatic carbocycles. The van der Waals surface area contributed by atoms with E-state index in [1.807, 2.05) is 0 Å². The molecule has 4 aliphatic heterocycles. The molecule has 33 heteroatoms. The minimum absolute atomic E-state index is 0.00984. The largest absolute Gasteiger partial charge is 0.458 e. The van der Waals surface area contributed by atoms with Crippen LogP contribution in [0.4, 0.5) is 4.39 Å². The average molecular weight is 1400 g/mol. The van der Waals surface area contributed by atoms with E-state index in [-0.39, 0.29) is 105 Å². The number of aliphatic hydroxyl groups is 5. The maximum atomic E-state index is 15.4. The normalized spacial score (nSPS) is 21.1. The van der Waals surface area contributed by atoms with Crippen molar-refractivity contribution in [3.05, 3.63) is 109 Å². The van der Waals surface area contributed by atoms with Crippen molar-refractivity contribution in [1.29, 1.82) is 0 Å². The Morgan fingerprint density at radius 2 is 1.45 bits per heavy atom. The lowest BCUT2D eigenvalue weighted by Gasteiger charge is -2.40. The minimum Gasteiger partial charge on any atom is -0.458 e. The topological polar surface area (TPSA) is 451 Å². The summed E-state index contributed by atoms with van der Waals surface area (Å²) < 4.78 is 33.3. The maximum Gasteiger partial charge on any atom is 0.343 e. The van der Waals surface area contributed by atoms with Crippen LogP contribution in [-0.2, 0) is 98.5 Å². The summed E-state index contributed by atoms with van der Waals surface area (Å²) in [5.74, 6) is -8.43. The van der Waals surface area contributed by atoms with Crippen LogP contribution < -0.4 is 48.1 Å². The number of carbonyl (C=O) groups excluding carboxylic acids is 11. The van der Waals surface area contributed by atoms with Gasteiger partial charge in [0.2, 0.25) is 47.3 Å². The molecular weight excluding hydrogens is 1320 g/mol. The molecule has 9 atom stereocenters. The second kappa shape index (κ2) is 32.2. The molecule has 0 unspecified atom stereocenters. The number of cyclic esters (lactones) is 1. The van der Waals surface area contributed by atoms with E-state index < -0.39 is 175 Å². The Bertz CT molecular complexity index is 3910. The first-order valence-electron chi connectivity index (χ1n) is 32.4. The van der Waals surface area contributed by atoms with Gasteiger partial charge in [-0.3, -0.25) is 57.6 Å². The molecule has 9 rings (SSSR count). The highest BCUT2D eigenvalue weighted by Crippen LogP contribution is 2.47. The molecule has 13 N–H and O–H groups in total. The van der Waals surface area contributed by atoms with E-state index in [2.05, 4.69) is 42.5 Å². The number of aliphatic hydroxyl groups excluding tert-OH is 4. The van der Waals surface area contributed by atoms with Gasteiger partial charge in [-0.05, 0) is 75.1 Å². The Labute approximate surface area is 570 Å². The number of rotatable bonds is 31. The van der Waals surface area contributed by atoms with Gasteiger partial charge in [-0.25, -0.2) is 14.2 Å². The number of ether oxygens (including phenoxy) is 3. The Hall–Kier alpha value is -9.15. The highest BCUT2D eigenvalue weighted by molar-refractivity contribution is 6.32. The number of esters is 1. The van der Waals surface area contributed by atoms with Gasteiger partial charge in [0.25, 0.3) is 17.4 Å². The molecule has 1 fully saturated rings. The van der Waals surface area contributed by atoms with Gasteiger partial charge in [-0.2, -0.15) is 0 Å². The van der Waals surface area contributed by atoms with Crippen molar-refractivity contribution in [1.82, 2.24) is 57.0 Å². The number of pyridine rings is 2. The van der Waals surface area contributed by atoms with E-state index in [4.69, 9.17) is 30.8 Å². The predicted octanol–water partition coefficient (Wildman–Crippen LogP) is -2.12. The summed E-state index contributed by atoms with van der Waals surface area (Å²) in [6.07, 6.45) is -4.49. The van der Waals surface area contributed by atoms with E-state index in [9.17, 15) is 83.1 Å². The van der Waals surface area contributed by atoms with Gasteiger partial charge in [-0.15, -0.1) is 0 Å². The van der Waals surface area contributed by atoms with Crippen LogP contribution in [0, 0.1) is 11.2 Å². The van der Waals surface area contributed by atoms with Gasteiger partial charge >= 0.3 is 5.97 Å². The summed E-state index contributed by atoms with van der Waals surface area (Å²) in [7, 11) is 0. The second-order valence-electron chi connectivity index (χ2n) is 25.4. The molecule has 0 bridgehead atoms. The van der Waals surface area contributed by atoms with Crippen LogP contribution >= 0.6 is 11.6 Å². The van der Waals surface area contributed by atoms with Crippen molar-refractivity contribution < 1.29 is 96.9 Å². The molecule has 6 heterocycles. The van der Waals surface area contributed by atoms with Gasteiger partial charge < -0.3 is 86.8 Å². The number of hydrogen-bond acceptors (Lipinski definition) is 21. The van der Waals surface area contributed by atoms with E-state index in [0.29, 0.717) is 46.2 Å². The van der Waals surface area contributed by atoms with E-state index in [0.717, 1.165) is 17.1 Å². The summed E-state index contributed by atoms with van der Waals surface area (Å²) in [4.78, 5) is 164. The lowest BCUT2D eigenvalue weighted by atomic mass is 9.82. The lowest BCUT2D eigenvalue weighted by molar-refractivity contribution is -0.227. The first-order chi connectivity index (χ1) is 47.1. The number of halogens is 2. The molecule has 2 aromatic carbocycles. The van der Waals surface area contributed by atoms with Gasteiger partial charge in [0, 0.05) is 67.1 Å². The Kier molecular flexibility index (Phi) is 24.1. The van der Waals surface area contributed by atoms with Crippen molar-refractivity contribution in [3.8, 4) is 11.4 Å². The molecule has 532 valence electrons. The van der Waals surface area contributed by atoms with Crippen molar-refractivity contribution in [2.45, 2.75) is 152 Å². The Balaban J connectivity index is 0.744. The fraction of sp³-hybridized carbons (Fsp3) is 0.500. The van der Waals surface area contributed by atoms with Crippen molar-refractivity contribution in [3.63, 3.8) is 0 Å². The first-order valence-corrected chi connectivity index (χ1v) is 32.7. The van der Waals surface area contributed by atoms with E-state index >= 15 is 4.39 Å². The Morgan fingerprint density at radius 1 is 0.788 bits per heavy atom. The van der Waals surface area contributed by atoms with Crippen molar-refractivity contribution in [2.24, 2.45) is 5.41 Å². The van der Waals surface area contributed by atoms with Gasteiger partial charge in [0.05, 0.1) is 78.3 Å². The number of aryl methyl sites for hydroxylation is 1. The zero-order valence-electron chi connectivity index (χ0n) is 54.4. The predicted molar refractivity (Wildman–Crippen MR) is 345 cm³/mol. The average Bonchev–Trinajstić information content (AvgIpc) is 1.59. The molecule has 99 heavy (non-hydrogen) atoms. The molecule has 31 nitrogen and oxygen atoms in total. The number of aromatic nitrogens is 2. The Morgan fingerprint density at radius 3 is 2.15 bits per heavy atom. The third-order valence-corrected chi connectivity index (χ3v) is 18.4. The summed E-state index contributed by atoms with van der Waals surface area (Å²) in [5.41, 5.74) is -0.654. The molecule has 5 aliphatic rings. The molecule has 0 saturated carbocycles. The molecule has 10 amide bonds. The number of unbranched alkanes of at least 4 members (excludes halogenated alkanes) is 2. The highest BCUT2D eigenvalue weighted by Gasteiger charge is 2.47. The van der Waals surface area contributed by atoms with Crippen molar-refractivity contribution >= 4 is 87.5 Å². The molecule has 0 radical (unpaired) electrons. The fourth-order valence-electron chi connectivity index (χ4n) is 12.4. The maximum absolute atomic E-state index is 15.4. The number of hydrogen-bond donors (Lipinski definition) is 13. The summed E-state index contributed by atoms with van der Waals surface area (Å²) in [5, 5.41) is 72.3. The van der Waals surface area contributed by atoms with Crippen molar-refractivity contribution in [2.75, 3.05) is 52.7 Å². The summed E-state index contributed by atoms with van der Waals surface area (Å²) in [6, 6.07) is 7.84. The molecular formula is C66H79ClFN11O20. The fourth-order valence-corrected chi connectivity index (χ4v) is 12.6. The van der Waals surface area contributed by atoms with Crippen LogP contribution in [0.15, 0.2) is 59.4 Å².